The number of carbonyl (C=O) groups is 1. The number of para-hydroxylation sites is 1. The van der Waals surface area contributed by atoms with E-state index in [0.717, 1.165) is 13.0 Å². The number of nitrogens with one attached hydrogen (secondary N) is 1. The van der Waals surface area contributed by atoms with Gasteiger partial charge in [0.2, 0.25) is 5.91 Å². The van der Waals surface area contributed by atoms with Gasteiger partial charge in [0.25, 0.3) is 5.56 Å². The predicted molar refractivity (Wildman–Crippen MR) is 92.8 cm³/mol. The van der Waals surface area contributed by atoms with Crippen LogP contribution in [0.15, 0.2) is 34.2 Å². The summed E-state index contributed by atoms with van der Waals surface area (Å²) in [6.45, 7) is 3.41. The molecule has 6 heteroatoms. The second-order valence-corrected chi connectivity index (χ2v) is 6.85. The van der Waals surface area contributed by atoms with Crippen LogP contribution >= 0.6 is 11.8 Å². The zero-order valence-electron chi connectivity index (χ0n) is 13.2. The molecule has 2 aromatic rings. The number of nitrogens with zero attached hydrogens (tertiary/aromatic N) is 2. The SMILES string of the molecule is CCCn1c(SCC(=O)NCC2CC2)nc2ccccc2c1=O. The highest BCUT2D eigenvalue weighted by Gasteiger charge is 2.21. The molecule has 1 amide bonds. The maximum atomic E-state index is 12.6. The second-order valence-electron chi connectivity index (χ2n) is 5.90. The molecule has 1 saturated carbocycles. The Labute approximate surface area is 139 Å². The quantitative estimate of drug-likeness (QED) is 0.625. The molecule has 23 heavy (non-hydrogen) atoms. The molecular weight excluding hydrogens is 310 g/mol. The lowest BCUT2D eigenvalue weighted by atomic mass is 10.2. The van der Waals surface area contributed by atoms with Gasteiger partial charge in [0, 0.05) is 13.1 Å². The summed E-state index contributed by atoms with van der Waals surface area (Å²) in [6.07, 6.45) is 3.28. The van der Waals surface area contributed by atoms with Crippen LogP contribution in [0.3, 0.4) is 0 Å². The molecule has 0 atom stereocenters. The Morgan fingerprint density at radius 1 is 1.39 bits per heavy atom. The highest BCUT2D eigenvalue weighted by Crippen LogP contribution is 2.27. The van der Waals surface area contributed by atoms with Crippen LogP contribution in [0.25, 0.3) is 10.9 Å². The molecular formula is C17H21N3O2S. The van der Waals surface area contributed by atoms with Crippen molar-refractivity contribution in [3.63, 3.8) is 0 Å². The number of thioether (sulfide) groups is 1. The first-order valence-electron chi connectivity index (χ1n) is 8.08. The van der Waals surface area contributed by atoms with E-state index < -0.39 is 0 Å². The Morgan fingerprint density at radius 2 is 2.17 bits per heavy atom. The lowest BCUT2D eigenvalue weighted by Crippen LogP contribution is -2.28. The number of carbonyl (C=O) groups excluding carboxylic acids is 1. The summed E-state index contributed by atoms with van der Waals surface area (Å²) in [7, 11) is 0. The van der Waals surface area contributed by atoms with Gasteiger partial charge in [-0.2, -0.15) is 0 Å². The molecule has 1 heterocycles. The van der Waals surface area contributed by atoms with Crippen molar-refractivity contribution in [3.8, 4) is 0 Å². The summed E-state index contributed by atoms with van der Waals surface area (Å²) in [5, 5.41) is 4.19. The van der Waals surface area contributed by atoms with Gasteiger partial charge in [0.15, 0.2) is 5.16 Å². The van der Waals surface area contributed by atoms with Crippen LogP contribution < -0.4 is 10.9 Å². The summed E-state index contributed by atoms with van der Waals surface area (Å²) in [5.74, 6) is 0.967. The topological polar surface area (TPSA) is 64.0 Å². The Morgan fingerprint density at radius 3 is 2.91 bits per heavy atom. The number of amides is 1. The maximum Gasteiger partial charge on any atom is 0.262 e. The van der Waals surface area contributed by atoms with Crippen LogP contribution in [-0.2, 0) is 11.3 Å². The highest BCUT2D eigenvalue weighted by molar-refractivity contribution is 7.99. The number of fused-ring (bicyclic) bond motifs is 1. The number of aromatic nitrogens is 2. The molecule has 3 rings (SSSR count). The zero-order valence-corrected chi connectivity index (χ0v) is 14.1. The van der Waals surface area contributed by atoms with E-state index in [1.54, 1.807) is 10.6 Å². The summed E-state index contributed by atoms with van der Waals surface area (Å²) >= 11 is 1.34. The van der Waals surface area contributed by atoms with Crippen LogP contribution in [0.5, 0.6) is 0 Å². The van der Waals surface area contributed by atoms with Crippen molar-refractivity contribution in [2.45, 2.75) is 37.9 Å². The summed E-state index contributed by atoms with van der Waals surface area (Å²) in [5.41, 5.74) is 0.657. The van der Waals surface area contributed by atoms with E-state index in [-0.39, 0.29) is 11.5 Å². The minimum absolute atomic E-state index is 0.00681. The molecule has 5 nitrogen and oxygen atoms in total. The van der Waals surface area contributed by atoms with Crippen molar-refractivity contribution in [2.75, 3.05) is 12.3 Å². The highest BCUT2D eigenvalue weighted by atomic mass is 32.2. The lowest BCUT2D eigenvalue weighted by molar-refractivity contribution is -0.118. The van der Waals surface area contributed by atoms with Gasteiger partial charge in [0.05, 0.1) is 16.7 Å². The fourth-order valence-electron chi connectivity index (χ4n) is 2.44. The lowest BCUT2D eigenvalue weighted by Gasteiger charge is -2.12. The Hall–Kier alpha value is -1.82. The van der Waals surface area contributed by atoms with E-state index >= 15 is 0 Å². The van der Waals surface area contributed by atoms with Crippen LogP contribution in [0.1, 0.15) is 26.2 Å². The largest absolute Gasteiger partial charge is 0.355 e. The second kappa shape index (κ2) is 7.17. The fraction of sp³-hybridized carbons (Fsp3) is 0.471. The third-order valence-corrected chi connectivity index (χ3v) is 4.87. The fourth-order valence-corrected chi connectivity index (χ4v) is 3.30. The first-order valence-corrected chi connectivity index (χ1v) is 9.06. The molecule has 0 spiro atoms. The third-order valence-electron chi connectivity index (χ3n) is 3.89. The minimum Gasteiger partial charge on any atom is -0.355 e. The normalized spacial score (nSPS) is 14.1. The minimum atomic E-state index is -0.0293. The van der Waals surface area contributed by atoms with E-state index in [1.165, 1.54) is 24.6 Å². The number of hydrogen-bond donors (Lipinski definition) is 1. The summed E-state index contributed by atoms with van der Waals surface area (Å²) < 4.78 is 1.68. The van der Waals surface area contributed by atoms with Gasteiger partial charge < -0.3 is 5.32 Å². The number of benzene rings is 1. The van der Waals surface area contributed by atoms with E-state index in [0.29, 0.717) is 34.3 Å². The zero-order chi connectivity index (χ0) is 16.2. The molecule has 1 aliphatic carbocycles. The standard InChI is InChI=1S/C17H21N3O2S/c1-2-9-20-16(22)13-5-3-4-6-14(13)19-17(20)23-11-15(21)18-10-12-7-8-12/h3-6,12H,2,7-11H2,1H3,(H,18,21). The van der Waals surface area contributed by atoms with Gasteiger partial charge in [-0.1, -0.05) is 30.8 Å². The molecule has 0 bridgehead atoms. The smallest absolute Gasteiger partial charge is 0.262 e. The Kier molecular flexibility index (Phi) is 5.00. The molecule has 0 unspecified atom stereocenters. The van der Waals surface area contributed by atoms with Crippen LogP contribution in [-0.4, -0.2) is 27.8 Å². The molecule has 1 aromatic heterocycles. The third kappa shape index (κ3) is 3.93. The Balaban J connectivity index is 1.78. The number of hydrogen-bond acceptors (Lipinski definition) is 4. The first kappa shape index (κ1) is 16.1. The van der Waals surface area contributed by atoms with E-state index in [2.05, 4.69) is 10.3 Å². The van der Waals surface area contributed by atoms with Crippen molar-refractivity contribution in [2.24, 2.45) is 5.92 Å². The van der Waals surface area contributed by atoms with Crippen molar-refractivity contribution >= 4 is 28.6 Å². The van der Waals surface area contributed by atoms with Crippen LogP contribution in [0.4, 0.5) is 0 Å². The van der Waals surface area contributed by atoms with Gasteiger partial charge in [-0.15, -0.1) is 0 Å². The molecule has 122 valence electrons. The van der Waals surface area contributed by atoms with Crippen molar-refractivity contribution in [1.29, 1.82) is 0 Å². The van der Waals surface area contributed by atoms with Crippen molar-refractivity contribution in [1.82, 2.24) is 14.9 Å². The molecule has 0 saturated heterocycles. The Bertz CT molecular complexity index is 768. The molecule has 0 aliphatic heterocycles. The van der Waals surface area contributed by atoms with Gasteiger partial charge in [-0.3, -0.25) is 14.2 Å². The summed E-state index contributed by atoms with van der Waals surface area (Å²) in [6, 6.07) is 7.35. The molecule has 0 radical (unpaired) electrons. The average molecular weight is 331 g/mol. The molecule has 1 aromatic carbocycles. The predicted octanol–water partition coefficient (Wildman–Crippen LogP) is 2.42. The first-order chi connectivity index (χ1) is 11.2. The van der Waals surface area contributed by atoms with Gasteiger partial charge in [0.1, 0.15) is 0 Å². The van der Waals surface area contributed by atoms with Gasteiger partial charge in [-0.05, 0) is 37.3 Å². The van der Waals surface area contributed by atoms with E-state index in [9.17, 15) is 9.59 Å². The van der Waals surface area contributed by atoms with E-state index in [1.807, 2.05) is 25.1 Å². The van der Waals surface area contributed by atoms with Crippen molar-refractivity contribution in [3.05, 3.63) is 34.6 Å². The van der Waals surface area contributed by atoms with Crippen LogP contribution in [0.2, 0.25) is 0 Å². The van der Waals surface area contributed by atoms with Crippen LogP contribution in [0, 0.1) is 5.92 Å². The summed E-state index contributed by atoms with van der Waals surface area (Å²) in [4.78, 5) is 29.1. The van der Waals surface area contributed by atoms with Gasteiger partial charge in [-0.25, -0.2) is 4.98 Å². The molecule has 1 fully saturated rings. The average Bonchev–Trinajstić information content (AvgIpc) is 3.38. The maximum absolute atomic E-state index is 12.6. The van der Waals surface area contributed by atoms with Gasteiger partial charge >= 0.3 is 0 Å². The molecule has 1 N–H and O–H groups in total. The molecule has 1 aliphatic rings. The van der Waals surface area contributed by atoms with E-state index in [4.69, 9.17) is 0 Å². The number of rotatable bonds is 7. The monoisotopic (exact) mass is 331 g/mol. The van der Waals surface area contributed by atoms with Crippen molar-refractivity contribution < 1.29 is 4.79 Å².